The standard InChI is InChI=1S/C12H24O5Si.C9H18O5Si/c1-6-15-18(16-7-2,17-8-3)10-9-14-12(13)11(4)5;1-8(2)9(10)14-6-7-15(11-3,12-4)13-5/h4,6-10H2,1-3,5H3;1,6-7H2,2-5H3. The lowest BCUT2D eigenvalue weighted by Gasteiger charge is -2.28. The van der Waals surface area contributed by atoms with Crippen LogP contribution in [0.2, 0.25) is 12.1 Å². The minimum atomic E-state index is -2.70. The maximum atomic E-state index is 11.3. The molecule has 0 aliphatic carbocycles. The van der Waals surface area contributed by atoms with Crippen LogP contribution >= 0.6 is 0 Å². The SMILES string of the molecule is C=C(C)C(=O)OCC[Si](OC)(OC)OC.C=C(C)C(=O)OCC[Si](OCC)(OCC)OCC. The number of hydrogen-bond acceptors (Lipinski definition) is 10. The van der Waals surface area contributed by atoms with Gasteiger partial charge in [0.15, 0.2) is 0 Å². The zero-order valence-corrected chi connectivity index (χ0v) is 23.4. The summed E-state index contributed by atoms with van der Waals surface area (Å²) in [6.45, 7) is 17.8. The van der Waals surface area contributed by atoms with Gasteiger partial charge in [0.05, 0.1) is 25.3 Å². The molecule has 0 saturated carbocycles. The molecule has 0 N–H and O–H groups in total. The van der Waals surface area contributed by atoms with E-state index in [1.807, 2.05) is 20.8 Å². The number of rotatable bonds is 17. The average Bonchev–Trinajstić information content (AvgIpc) is 2.77. The number of hydrogen-bond donors (Lipinski definition) is 0. The van der Waals surface area contributed by atoms with Crippen LogP contribution in [0.25, 0.3) is 0 Å². The van der Waals surface area contributed by atoms with Crippen LogP contribution in [0.4, 0.5) is 0 Å². The van der Waals surface area contributed by atoms with Crippen molar-refractivity contribution in [2.75, 3.05) is 54.4 Å². The maximum Gasteiger partial charge on any atom is 0.504 e. The smallest absolute Gasteiger partial charge is 0.462 e. The van der Waals surface area contributed by atoms with Gasteiger partial charge in [0, 0.05) is 52.3 Å². The summed E-state index contributed by atoms with van der Waals surface area (Å²) in [4.78, 5) is 22.3. The van der Waals surface area contributed by atoms with E-state index in [1.54, 1.807) is 13.8 Å². The van der Waals surface area contributed by atoms with Crippen molar-refractivity contribution in [1.29, 1.82) is 0 Å². The van der Waals surface area contributed by atoms with E-state index >= 15 is 0 Å². The molecule has 194 valence electrons. The first-order valence-corrected chi connectivity index (χ1v) is 14.6. The Morgan fingerprint density at radius 1 is 0.636 bits per heavy atom. The van der Waals surface area contributed by atoms with Crippen molar-refractivity contribution >= 4 is 29.5 Å². The first-order chi connectivity index (χ1) is 15.5. The molecule has 0 saturated heterocycles. The molecule has 0 aliphatic rings. The molecule has 0 bridgehead atoms. The van der Waals surface area contributed by atoms with E-state index in [0.717, 1.165) is 0 Å². The molecule has 0 heterocycles. The van der Waals surface area contributed by atoms with Gasteiger partial charge in [0.1, 0.15) is 0 Å². The Balaban J connectivity index is 0. The monoisotopic (exact) mass is 510 g/mol. The van der Waals surface area contributed by atoms with E-state index in [1.165, 1.54) is 21.3 Å². The summed E-state index contributed by atoms with van der Waals surface area (Å²) in [5.41, 5.74) is 0.751. The highest BCUT2D eigenvalue weighted by Gasteiger charge is 2.40. The number of ether oxygens (including phenoxy) is 2. The van der Waals surface area contributed by atoms with Gasteiger partial charge in [0.25, 0.3) is 0 Å². The second-order valence-corrected chi connectivity index (χ2v) is 12.4. The van der Waals surface area contributed by atoms with E-state index in [9.17, 15) is 9.59 Å². The lowest BCUT2D eigenvalue weighted by atomic mass is 10.4. The molecule has 0 radical (unpaired) electrons. The fraction of sp³-hybridized carbons (Fsp3) is 0.714. The number of carbonyl (C=O) groups excluding carboxylic acids is 2. The van der Waals surface area contributed by atoms with Crippen LogP contribution < -0.4 is 0 Å². The molecular formula is C21H42O10Si2. The molecule has 0 spiro atoms. The van der Waals surface area contributed by atoms with E-state index in [2.05, 4.69) is 13.2 Å². The first kappa shape index (κ1) is 33.8. The molecule has 0 unspecified atom stereocenters. The fourth-order valence-corrected chi connectivity index (χ4v) is 6.16. The molecule has 0 amide bonds. The zero-order chi connectivity index (χ0) is 25.9. The Morgan fingerprint density at radius 2 is 0.939 bits per heavy atom. The fourth-order valence-electron chi connectivity index (χ4n) is 2.34. The van der Waals surface area contributed by atoms with Gasteiger partial charge in [-0.3, -0.25) is 0 Å². The summed E-state index contributed by atoms with van der Waals surface area (Å²) in [6.07, 6.45) is 0. The van der Waals surface area contributed by atoms with Crippen molar-refractivity contribution in [3.05, 3.63) is 24.3 Å². The first-order valence-electron chi connectivity index (χ1n) is 10.7. The molecule has 33 heavy (non-hydrogen) atoms. The molecule has 12 heteroatoms. The third-order valence-corrected chi connectivity index (χ3v) is 9.69. The summed E-state index contributed by atoms with van der Waals surface area (Å²) < 4.78 is 42.4. The Kier molecular flexibility index (Phi) is 19.4. The largest absolute Gasteiger partial charge is 0.504 e. The number of carbonyl (C=O) groups is 2. The molecule has 0 aromatic carbocycles. The quantitative estimate of drug-likeness (QED) is 0.164. The van der Waals surface area contributed by atoms with Gasteiger partial charge >= 0.3 is 29.5 Å². The molecule has 0 aromatic heterocycles. The molecule has 0 rings (SSSR count). The molecule has 0 aromatic rings. The highest BCUT2D eigenvalue weighted by atomic mass is 28.4. The van der Waals surface area contributed by atoms with Gasteiger partial charge in [-0.15, -0.1) is 0 Å². The molecule has 10 nitrogen and oxygen atoms in total. The third-order valence-electron chi connectivity index (χ3n) is 4.01. The van der Waals surface area contributed by atoms with Crippen molar-refractivity contribution in [1.82, 2.24) is 0 Å². The predicted octanol–water partition coefficient (Wildman–Crippen LogP) is 3.14. The van der Waals surface area contributed by atoms with Crippen LogP contribution in [0.5, 0.6) is 0 Å². The van der Waals surface area contributed by atoms with Crippen LogP contribution in [-0.2, 0) is 45.6 Å². The van der Waals surface area contributed by atoms with Gasteiger partial charge in [-0.25, -0.2) is 9.59 Å². The van der Waals surface area contributed by atoms with Gasteiger partial charge in [0.2, 0.25) is 0 Å². The van der Waals surface area contributed by atoms with Gasteiger partial charge < -0.3 is 36.0 Å². The summed E-state index contributed by atoms with van der Waals surface area (Å²) in [5.74, 6) is -0.816. The predicted molar refractivity (Wildman–Crippen MR) is 129 cm³/mol. The molecule has 0 atom stereocenters. The maximum absolute atomic E-state index is 11.3. The Labute approximate surface area is 200 Å². The van der Waals surface area contributed by atoms with Gasteiger partial charge in [-0.05, 0) is 34.6 Å². The number of esters is 2. The summed E-state index contributed by atoms with van der Waals surface area (Å²) >= 11 is 0. The lowest BCUT2D eigenvalue weighted by molar-refractivity contribution is -0.139. The van der Waals surface area contributed by atoms with Crippen LogP contribution in [0.15, 0.2) is 24.3 Å². The third kappa shape index (κ3) is 14.5. The van der Waals surface area contributed by atoms with Crippen LogP contribution in [0.3, 0.4) is 0 Å². The molecule has 0 fully saturated rings. The van der Waals surface area contributed by atoms with E-state index in [-0.39, 0.29) is 13.2 Å². The normalized spacial score (nSPS) is 11.3. The Bertz CT molecular complexity index is 568. The summed E-state index contributed by atoms with van der Waals surface area (Å²) in [6, 6.07) is 0.886. The zero-order valence-electron chi connectivity index (χ0n) is 21.4. The second-order valence-electron chi connectivity index (χ2n) is 6.61. The van der Waals surface area contributed by atoms with Crippen LogP contribution in [-0.4, -0.2) is 83.9 Å². The second kappa shape index (κ2) is 19.0. The van der Waals surface area contributed by atoms with E-state index < -0.39 is 29.5 Å². The minimum absolute atomic E-state index is 0.202. The Hall–Kier alpha value is -1.39. The highest BCUT2D eigenvalue weighted by molar-refractivity contribution is 6.61. The molecular weight excluding hydrogens is 468 g/mol. The topological polar surface area (TPSA) is 108 Å². The van der Waals surface area contributed by atoms with Crippen molar-refractivity contribution in [3.8, 4) is 0 Å². The minimum Gasteiger partial charge on any atom is -0.462 e. The summed E-state index contributed by atoms with van der Waals surface area (Å²) in [5, 5.41) is 0. The van der Waals surface area contributed by atoms with Crippen LogP contribution in [0, 0.1) is 0 Å². The Morgan fingerprint density at radius 3 is 1.18 bits per heavy atom. The van der Waals surface area contributed by atoms with Crippen molar-refractivity contribution in [3.63, 3.8) is 0 Å². The van der Waals surface area contributed by atoms with Gasteiger partial charge in [-0.2, -0.15) is 0 Å². The van der Waals surface area contributed by atoms with Gasteiger partial charge in [-0.1, -0.05) is 13.2 Å². The van der Waals surface area contributed by atoms with Crippen LogP contribution in [0.1, 0.15) is 34.6 Å². The van der Waals surface area contributed by atoms with E-state index in [0.29, 0.717) is 43.1 Å². The lowest BCUT2D eigenvalue weighted by Crippen LogP contribution is -2.47. The van der Waals surface area contributed by atoms with Crippen molar-refractivity contribution in [2.45, 2.75) is 46.7 Å². The van der Waals surface area contributed by atoms with Crippen molar-refractivity contribution < 1.29 is 45.6 Å². The molecule has 0 aliphatic heterocycles. The van der Waals surface area contributed by atoms with E-state index in [4.69, 9.17) is 36.0 Å². The van der Waals surface area contributed by atoms with Crippen molar-refractivity contribution in [2.24, 2.45) is 0 Å². The highest BCUT2D eigenvalue weighted by Crippen LogP contribution is 2.16. The summed E-state index contributed by atoms with van der Waals surface area (Å²) in [7, 11) is -0.789. The average molecular weight is 511 g/mol.